The highest BCUT2D eigenvalue weighted by Gasteiger charge is 2.34. The van der Waals surface area contributed by atoms with E-state index in [1.54, 1.807) is 19.3 Å². The number of carbonyl (C=O) groups excluding carboxylic acids is 3. The van der Waals surface area contributed by atoms with Crippen LogP contribution in [-0.4, -0.2) is 106 Å². The summed E-state index contributed by atoms with van der Waals surface area (Å²) in [6.07, 6.45) is 6.95. The van der Waals surface area contributed by atoms with Crippen LogP contribution in [0.2, 0.25) is 0 Å². The maximum absolute atomic E-state index is 13.8. The summed E-state index contributed by atoms with van der Waals surface area (Å²) in [5.41, 5.74) is 5.29. The van der Waals surface area contributed by atoms with Crippen molar-refractivity contribution in [3.63, 3.8) is 0 Å². The Hall–Kier alpha value is -4.11. The Kier molecular flexibility index (Phi) is 9.02. The number of benzene rings is 1. The minimum absolute atomic E-state index is 0.0342. The first-order valence-corrected chi connectivity index (χ1v) is 15.9. The van der Waals surface area contributed by atoms with Gasteiger partial charge in [0.2, 0.25) is 11.8 Å². The fraction of sp³-hybridized carbons (Fsp3) is 0.457. The monoisotopic (exact) mass is 594 g/mol. The number of likely N-dealkylation sites (tertiary alicyclic amines) is 2. The van der Waals surface area contributed by atoms with E-state index in [-0.39, 0.29) is 23.6 Å². The van der Waals surface area contributed by atoms with Crippen LogP contribution >= 0.6 is 0 Å². The Morgan fingerprint density at radius 3 is 1.84 bits per heavy atom. The summed E-state index contributed by atoms with van der Waals surface area (Å²) in [6.45, 7) is 9.62. The van der Waals surface area contributed by atoms with E-state index in [1.165, 1.54) is 5.56 Å². The molecule has 44 heavy (non-hydrogen) atoms. The molecule has 3 aliphatic heterocycles. The molecule has 230 valence electrons. The Bertz CT molecular complexity index is 1470. The van der Waals surface area contributed by atoms with Crippen molar-refractivity contribution in [1.82, 2.24) is 29.6 Å². The second-order valence-electron chi connectivity index (χ2n) is 12.4. The van der Waals surface area contributed by atoms with E-state index in [9.17, 15) is 14.4 Å². The van der Waals surface area contributed by atoms with Crippen LogP contribution in [0.25, 0.3) is 22.5 Å². The van der Waals surface area contributed by atoms with Crippen molar-refractivity contribution in [3.8, 4) is 22.5 Å². The average Bonchev–Trinajstić information content (AvgIpc) is 3.08. The molecule has 3 aromatic rings. The molecule has 5 heterocycles. The second-order valence-corrected chi connectivity index (χ2v) is 12.4. The highest BCUT2D eigenvalue weighted by molar-refractivity contribution is 5.96. The van der Waals surface area contributed by atoms with Crippen LogP contribution in [-0.2, 0) is 9.59 Å². The first kappa shape index (κ1) is 29.9. The summed E-state index contributed by atoms with van der Waals surface area (Å²) in [6, 6.07) is 16.3. The van der Waals surface area contributed by atoms with E-state index in [0.717, 1.165) is 74.4 Å². The summed E-state index contributed by atoms with van der Waals surface area (Å²) in [4.78, 5) is 56.0. The number of pyridine rings is 2. The van der Waals surface area contributed by atoms with Crippen LogP contribution in [0, 0.1) is 12.8 Å². The number of piperazine rings is 1. The third kappa shape index (κ3) is 6.68. The standard InChI is InChI=1S/C35H42N6O3/c1-25-3-5-27(6-4-25)32-23-30(24-33(37-32)28-7-13-36-14-8-28)35(44)41-21-19-39(20-22-41)31-11-17-40(18-12-31)34(43)29-9-15-38(16-10-29)26(2)42/h3-8,13-14,23-24,29,31H,9-12,15-22H2,1-2H3. The van der Waals surface area contributed by atoms with Crippen molar-refractivity contribution in [2.75, 3.05) is 52.4 Å². The zero-order valence-electron chi connectivity index (χ0n) is 25.8. The van der Waals surface area contributed by atoms with Gasteiger partial charge in [-0.1, -0.05) is 29.8 Å². The molecule has 0 saturated carbocycles. The number of hydrogen-bond donors (Lipinski definition) is 0. The Labute approximate surface area is 259 Å². The van der Waals surface area contributed by atoms with Crippen LogP contribution < -0.4 is 0 Å². The molecule has 3 aliphatic rings. The summed E-state index contributed by atoms with van der Waals surface area (Å²) >= 11 is 0. The van der Waals surface area contributed by atoms with Gasteiger partial charge in [0.05, 0.1) is 11.4 Å². The van der Waals surface area contributed by atoms with Crippen LogP contribution in [0.1, 0.15) is 48.5 Å². The van der Waals surface area contributed by atoms with Crippen LogP contribution in [0.5, 0.6) is 0 Å². The van der Waals surface area contributed by atoms with Gasteiger partial charge in [0.15, 0.2) is 0 Å². The molecule has 3 fully saturated rings. The smallest absolute Gasteiger partial charge is 0.254 e. The van der Waals surface area contributed by atoms with Crippen molar-refractivity contribution in [2.45, 2.75) is 45.6 Å². The normalized spacial score (nSPS) is 18.8. The number of aryl methyl sites for hydroxylation is 1. The molecule has 6 rings (SSSR count). The molecular weight excluding hydrogens is 552 g/mol. The van der Waals surface area contributed by atoms with E-state index in [2.05, 4.69) is 41.1 Å². The van der Waals surface area contributed by atoms with Gasteiger partial charge in [-0.05, 0) is 56.9 Å². The molecule has 0 spiro atoms. The van der Waals surface area contributed by atoms with E-state index in [1.807, 2.05) is 39.0 Å². The number of hydrogen-bond acceptors (Lipinski definition) is 6. The number of carbonyl (C=O) groups is 3. The predicted octanol–water partition coefficient (Wildman–Crippen LogP) is 4.13. The van der Waals surface area contributed by atoms with Crippen LogP contribution in [0.3, 0.4) is 0 Å². The number of amides is 3. The topological polar surface area (TPSA) is 90.0 Å². The third-order valence-corrected chi connectivity index (χ3v) is 9.58. The number of rotatable bonds is 5. The van der Waals surface area contributed by atoms with Gasteiger partial charge in [-0.2, -0.15) is 0 Å². The maximum atomic E-state index is 13.8. The summed E-state index contributed by atoms with van der Waals surface area (Å²) in [7, 11) is 0. The first-order valence-electron chi connectivity index (χ1n) is 15.9. The van der Waals surface area contributed by atoms with Crippen molar-refractivity contribution < 1.29 is 14.4 Å². The Morgan fingerprint density at radius 2 is 1.25 bits per heavy atom. The van der Waals surface area contributed by atoms with Gasteiger partial charge in [0.25, 0.3) is 5.91 Å². The molecule has 0 atom stereocenters. The highest BCUT2D eigenvalue weighted by Crippen LogP contribution is 2.27. The first-order chi connectivity index (χ1) is 21.4. The molecule has 0 unspecified atom stereocenters. The second kappa shape index (κ2) is 13.3. The molecule has 1 aromatic carbocycles. The molecule has 3 saturated heterocycles. The fourth-order valence-electron chi connectivity index (χ4n) is 6.82. The van der Waals surface area contributed by atoms with E-state index < -0.39 is 0 Å². The van der Waals surface area contributed by atoms with Crippen molar-refractivity contribution in [3.05, 3.63) is 72.1 Å². The number of piperidine rings is 2. The summed E-state index contributed by atoms with van der Waals surface area (Å²) in [5.74, 6) is 0.430. The molecule has 0 aliphatic carbocycles. The van der Waals surface area contributed by atoms with Crippen molar-refractivity contribution >= 4 is 17.7 Å². The largest absolute Gasteiger partial charge is 0.343 e. The minimum Gasteiger partial charge on any atom is -0.343 e. The Morgan fingerprint density at radius 1 is 0.682 bits per heavy atom. The summed E-state index contributed by atoms with van der Waals surface area (Å²) < 4.78 is 0. The van der Waals surface area contributed by atoms with Gasteiger partial charge in [-0.25, -0.2) is 4.98 Å². The zero-order valence-corrected chi connectivity index (χ0v) is 25.8. The molecule has 0 N–H and O–H groups in total. The van der Waals surface area contributed by atoms with E-state index >= 15 is 0 Å². The molecule has 2 aromatic heterocycles. The fourth-order valence-corrected chi connectivity index (χ4v) is 6.82. The molecule has 9 heteroatoms. The van der Waals surface area contributed by atoms with E-state index in [4.69, 9.17) is 4.98 Å². The van der Waals surface area contributed by atoms with Gasteiger partial charge in [-0.3, -0.25) is 24.3 Å². The molecule has 3 amide bonds. The molecule has 0 radical (unpaired) electrons. The quantitative estimate of drug-likeness (QED) is 0.442. The lowest BCUT2D eigenvalue weighted by Crippen LogP contribution is -2.55. The molecule has 0 bridgehead atoms. The Balaban J connectivity index is 1.06. The maximum Gasteiger partial charge on any atom is 0.254 e. The zero-order chi connectivity index (χ0) is 30.6. The molecule has 9 nitrogen and oxygen atoms in total. The van der Waals surface area contributed by atoms with E-state index in [0.29, 0.717) is 37.8 Å². The van der Waals surface area contributed by atoms with Gasteiger partial charge >= 0.3 is 0 Å². The summed E-state index contributed by atoms with van der Waals surface area (Å²) in [5, 5.41) is 0. The van der Waals surface area contributed by atoms with Gasteiger partial charge in [0, 0.05) is 100 Å². The molecular formula is C35H42N6O3. The van der Waals surface area contributed by atoms with Crippen molar-refractivity contribution in [2.24, 2.45) is 5.92 Å². The van der Waals surface area contributed by atoms with Crippen molar-refractivity contribution in [1.29, 1.82) is 0 Å². The predicted molar refractivity (Wildman–Crippen MR) is 170 cm³/mol. The lowest BCUT2D eigenvalue weighted by Gasteiger charge is -2.43. The lowest BCUT2D eigenvalue weighted by molar-refractivity contribution is -0.141. The van der Waals surface area contributed by atoms with Crippen LogP contribution in [0.4, 0.5) is 0 Å². The third-order valence-electron chi connectivity index (χ3n) is 9.58. The van der Waals surface area contributed by atoms with Crippen LogP contribution in [0.15, 0.2) is 60.9 Å². The lowest BCUT2D eigenvalue weighted by atomic mass is 9.93. The SMILES string of the molecule is CC(=O)N1CCC(C(=O)N2CCC(N3CCN(C(=O)c4cc(-c5ccncc5)nc(-c5ccc(C)cc5)c4)CC3)CC2)CC1. The minimum atomic E-state index is 0.0342. The van der Waals surface area contributed by atoms with Gasteiger partial charge in [0.1, 0.15) is 0 Å². The number of aromatic nitrogens is 2. The van der Waals surface area contributed by atoms with Gasteiger partial charge in [-0.15, -0.1) is 0 Å². The number of nitrogens with zero attached hydrogens (tertiary/aromatic N) is 6. The highest BCUT2D eigenvalue weighted by atomic mass is 16.2. The average molecular weight is 595 g/mol. The van der Waals surface area contributed by atoms with Gasteiger partial charge < -0.3 is 14.7 Å².